The highest BCUT2D eigenvalue weighted by atomic mass is 16.3. The molecule has 0 saturated heterocycles. The van der Waals surface area contributed by atoms with E-state index in [0.717, 1.165) is 5.76 Å². The van der Waals surface area contributed by atoms with E-state index in [1.54, 1.807) is 29.2 Å². The van der Waals surface area contributed by atoms with E-state index < -0.39 is 0 Å². The summed E-state index contributed by atoms with van der Waals surface area (Å²) in [6.07, 6.45) is 4.80. The van der Waals surface area contributed by atoms with Crippen LogP contribution >= 0.6 is 0 Å². The summed E-state index contributed by atoms with van der Waals surface area (Å²) in [5, 5.41) is 0.525. The molecule has 0 fully saturated rings. The molecule has 0 N–H and O–H groups in total. The fourth-order valence-corrected chi connectivity index (χ4v) is 2.30. The van der Waals surface area contributed by atoms with Gasteiger partial charge in [-0.25, -0.2) is 9.97 Å². The van der Waals surface area contributed by atoms with E-state index in [4.69, 9.17) is 4.42 Å². The van der Waals surface area contributed by atoms with Crippen LogP contribution in [0.25, 0.3) is 11.0 Å². The molecular weight excluding hydrogens is 268 g/mol. The van der Waals surface area contributed by atoms with Gasteiger partial charge >= 0.3 is 0 Å². The highest BCUT2D eigenvalue weighted by molar-refractivity contribution is 5.72. The summed E-state index contributed by atoms with van der Waals surface area (Å²) in [6.45, 7) is 0.469. The first-order valence-corrected chi connectivity index (χ1v) is 6.67. The molecule has 0 bridgehead atoms. The van der Waals surface area contributed by atoms with E-state index in [0.29, 0.717) is 17.6 Å². The predicted molar refractivity (Wildman–Crippen MR) is 78.9 cm³/mol. The summed E-state index contributed by atoms with van der Waals surface area (Å²) in [4.78, 5) is 22.8. The zero-order chi connectivity index (χ0) is 14.8. The first-order valence-electron chi connectivity index (χ1n) is 6.67. The molecule has 0 aliphatic carbocycles. The van der Waals surface area contributed by atoms with Crippen LogP contribution in [0, 0.1) is 0 Å². The molecule has 3 aromatic heterocycles. The molecule has 1 atom stereocenters. The van der Waals surface area contributed by atoms with Crippen molar-refractivity contribution < 1.29 is 4.42 Å². The Balaban J connectivity index is 2.01. The minimum Gasteiger partial charge on any atom is -0.468 e. The number of aromatic nitrogens is 3. The van der Waals surface area contributed by atoms with E-state index in [1.165, 1.54) is 6.33 Å². The maximum Gasteiger partial charge on any atom is 0.262 e. The van der Waals surface area contributed by atoms with Gasteiger partial charge in [-0.05, 0) is 38.4 Å². The average molecular weight is 284 g/mol. The van der Waals surface area contributed by atoms with Crippen LogP contribution in [0.5, 0.6) is 0 Å². The van der Waals surface area contributed by atoms with Crippen LogP contribution < -0.4 is 5.56 Å². The number of nitrogens with zero attached hydrogens (tertiary/aromatic N) is 4. The average Bonchev–Trinajstić information content (AvgIpc) is 3.00. The van der Waals surface area contributed by atoms with Crippen LogP contribution in [0.15, 0.2) is 52.3 Å². The number of hydrogen-bond donors (Lipinski definition) is 0. The number of rotatable bonds is 4. The van der Waals surface area contributed by atoms with Gasteiger partial charge in [0.2, 0.25) is 0 Å². The summed E-state index contributed by atoms with van der Waals surface area (Å²) < 4.78 is 7.06. The third-order valence-electron chi connectivity index (χ3n) is 3.46. The topological polar surface area (TPSA) is 64.2 Å². The molecule has 0 amide bonds. The number of furan rings is 1. The minimum absolute atomic E-state index is 0.0337. The van der Waals surface area contributed by atoms with E-state index in [2.05, 4.69) is 9.97 Å². The van der Waals surface area contributed by atoms with E-state index >= 15 is 0 Å². The van der Waals surface area contributed by atoms with Crippen LogP contribution in [-0.4, -0.2) is 33.5 Å². The molecule has 0 aliphatic rings. The van der Waals surface area contributed by atoms with E-state index in [-0.39, 0.29) is 11.6 Å². The first kappa shape index (κ1) is 13.5. The fourth-order valence-electron chi connectivity index (χ4n) is 2.30. The van der Waals surface area contributed by atoms with Gasteiger partial charge in [-0.15, -0.1) is 0 Å². The molecule has 3 rings (SSSR count). The standard InChI is InChI=1S/C15H16N4O2/c1-18(2)12(13-6-4-8-21-13)9-19-10-17-14-11(15(19)20)5-3-7-16-14/h3-8,10,12H,9H2,1-2H3/t12-/m1/s1. The fraction of sp³-hybridized carbons (Fsp3) is 0.267. The van der Waals surface area contributed by atoms with Gasteiger partial charge in [-0.2, -0.15) is 0 Å². The minimum atomic E-state index is -0.0912. The molecule has 6 nitrogen and oxygen atoms in total. The Labute approximate surface area is 121 Å². The third-order valence-corrected chi connectivity index (χ3v) is 3.46. The summed E-state index contributed by atoms with van der Waals surface area (Å²) in [6, 6.07) is 7.20. The Morgan fingerprint density at radius 3 is 2.86 bits per heavy atom. The van der Waals surface area contributed by atoms with Crippen molar-refractivity contribution in [3.8, 4) is 0 Å². The quantitative estimate of drug-likeness (QED) is 0.729. The van der Waals surface area contributed by atoms with Crippen LogP contribution in [0.4, 0.5) is 0 Å². The Hall–Kier alpha value is -2.47. The van der Waals surface area contributed by atoms with Crippen LogP contribution in [-0.2, 0) is 6.54 Å². The van der Waals surface area contributed by atoms with Crippen molar-refractivity contribution in [3.05, 3.63) is 59.2 Å². The van der Waals surface area contributed by atoms with Gasteiger partial charge in [0.05, 0.1) is 17.7 Å². The molecule has 3 aromatic rings. The van der Waals surface area contributed by atoms with Crippen molar-refractivity contribution in [2.75, 3.05) is 14.1 Å². The Morgan fingerprint density at radius 2 is 2.14 bits per heavy atom. The molecule has 21 heavy (non-hydrogen) atoms. The van der Waals surface area contributed by atoms with Crippen molar-refractivity contribution in [3.63, 3.8) is 0 Å². The Bertz CT molecular complexity index is 793. The number of likely N-dealkylation sites (N-methyl/N-ethyl adjacent to an activating group) is 1. The normalized spacial score (nSPS) is 12.9. The second kappa shape index (κ2) is 5.49. The number of pyridine rings is 1. The van der Waals surface area contributed by atoms with E-state index in [9.17, 15) is 4.79 Å². The van der Waals surface area contributed by atoms with Crippen LogP contribution in [0.2, 0.25) is 0 Å². The molecule has 0 spiro atoms. The van der Waals surface area contributed by atoms with Gasteiger partial charge in [-0.3, -0.25) is 14.3 Å². The summed E-state index contributed by atoms with van der Waals surface area (Å²) >= 11 is 0. The summed E-state index contributed by atoms with van der Waals surface area (Å²) in [5.74, 6) is 0.818. The van der Waals surface area contributed by atoms with Crippen molar-refractivity contribution >= 4 is 11.0 Å². The van der Waals surface area contributed by atoms with Crippen molar-refractivity contribution in [1.29, 1.82) is 0 Å². The summed E-state index contributed by atoms with van der Waals surface area (Å²) in [5.41, 5.74) is 0.379. The first-order chi connectivity index (χ1) is 10.2. The molecule has 6 heteroatoms. The maximum absolute atomic E-state index is 12.5. The Morgan fingerprint density at radius 1 is 1.29 bits per heavy atom. The van der Waals surface area contributed by atoms with Gasteiger partial charge < -0.3 is 4.42 Å². The molecule has 0 saturated carbocycles. The molecule has 0 aliphatic heterocycles. The van der Waals surface area contributed by atoms with Gasteiger partial charge in [0.15, 0.2) is 5.65 Å². The highest BCUT2D eigenvalue weighted by Gasteiger charge is 2.18. The lowest BCUT2D eigenvalue weighted by atomic mass is 10.2. The van der Waals surface area contributed by atoms with Gasteiger partial charge in [-0.1, -0.05) is 0 Å². The predicted octanol–water partition coefficient (Wildman–Crippen LogP) is 1.69. The van der Waals surface area contributed by atoms with Gasteiger partial charge in [0.1, 0.15) is 12.1 Å². The zero-order valence-corrected chi connectivity index (χ0v) is 11.9. The molecule has 0 aromatic carbocycles. The maximum atomic E-state index is 12.5. The smallest absolute Gasteiger partial charge is 0.262 e. The van der Waals surface area contributed by atoms with Gasteiger partial charge in [0, 0.05) is 12.7 Å². The molecule has 0 unspecified atom stereocenters. The second-order valence-electron chi connectivity index (χ2n) is 5.07. The van der Waals surface area contributed by atoms with Crippen molar-refractivity contribution in [2.45, 2.75) is 12.6 Å². The zero-order valence-electron chi connectivity index (χ0n) is 11.9. The van der Waals surface area contributed by atoms with Crippen LogP contribution in [0.3, 0.4) is 0 Å². The number of hydrogen-bond acceptors (Lipinski definition) is 5. The van der Waals surface area contributed by atoms with Crippen molar-refractivity contribution in [2.24, 2.45) is 0 Å². The van der Waals surface area contributed by atoms with Gasteiger partial charge in [0.25, 0.3) is 5.56 Å². The largest absolute Gasteiger partial charge is 0.468 e. The highest BCUT2D eigenvalue weighted by Crippen LogP contribution is 2.20. The monoisotopic (exact) mass is 284 g/mol. The molecule has 0 radical (unpaired) electrons. The second-order valence-corrected chi connectivity index (χ2v) is 5.07. The molecule has 108 valence electrons. The van der Waals surface area contributed by atoms with Crippen molar-refractivity contribution in [1.82, 2.24) is 19.4 Å². The lowest BCUT2D eigenvalue weighted by molar-refractivity contribution is 0.230. The Kier molecular flexibility index (Phi) is 3.53. The molecule has 3 heterocycles. The van der Waals surface area contributed by atoms with E-state index in [1.807, 2.05) is 31.1 Å². The summed E-state index contributed by atoms with van der Waals surface area (Å²) in [7, 11) is 3.91. The molecular formula is C15H16N4O2. The third kappa shape index (κ3) is 2.57. The number of fused-ring (bicyclic) bond motifs is 1. The SMILES string of the molecule is CN(C)[C@H](Cn1cnc2ncccc2c1=O)c1ccco1. The van der Waals surface area contributed by atoms with Crippen LogP contribution in [0.1, 0.15) is 11.8 Å². The lowest BCUT2D eigenvalue weighted by Crippen LogP contribution is -2.30. The lowest BCUT2D eigenvalue weighted by Gasteiger charge is -2.22.